The van der Waals surface area contributed by atoms with Crippen LogP contribution in [0.1, 0.15) is 54.1 Å². The van der Waals surface area contributed by atoms with Crippen molar-refractivity contribution in [2.24, 2.45) is 29.5 Å². The Balaban J connectivity index is 1.69. The van der Waals surface area contributed by atoms with Crippen LogP contribution in [0.25, 0.3) is 0 Å². The van der Waals surface area contributed by atoms with Gasteiger partial charge in [0.15, 0.2) is 0 Å². The number of hydrogen-bond donors (Lipinski definition) is 3. The van der Waals surface area contributed by atoms with Crippen molar-refractivity contribution < 1.29 is 4.79 Å². The number of amides is 1. The SMILES string of the molecule is NNC(=O)c1[nH]ncc1C1C2CC3CC(C2)CC1C3. The quantitative estimate of drug-likeness (QED) is 0.428. The van der Waals surface area contributed by atoms with Crippen molar-refractivity contribution in [2.45, 2.75) is 38.0 Å². The zero-order valence-electron chi connectivity index (χ0n) is 10.9. The molecule has 4 fully saturated rings. The molecular weight excluding hydrogens is 240 g/mol. The molecule has 0 radical (unpaired) electrons. The Morgan fingerprint density at radius 2 is 1.84 bits per heavy atom. The first-order chi connectivity index (χ1) is 9.26. The van der Waals surface area contributed by atoms with Gasteiger partial charge in [-0.05, 0) is 61.7 Å². The summed E-state index contributed by atoms with van der Waals surface area (Å²) in [5, 5.41) is 6.91. The number of carbonyl (C=O) groups is 1. The Bertz CT molecular complexity index is 481. The number of nitrogens with two attached hydrogens (primary N) is 1. The number of aromatic amines is 1. The lowest BCUT2D eigenvalue weighted by molar-refractivity contribution is -0.00299. The molecule has 1 heterocycles. The van der Waals surface area contributed by atoms with Crippen LogP contribution in [-0.2, 0) is 0 Å². The second-order valence-electron chi connectivity index (χ2n) is 6.63. The molecule has 1 aromatic heterocycles. The first-order valence-corrected chi connectivity index (χ1v) is 7.30. The van der Waals surface area contributed by atoms with Gasteiger partial charge in [0.1, 0.15) is 5.69 Å². The summed E-state index contributed by atoms with van der Waals surface area (Å²) in [6.45, 7) is 0. The van der Waals surface area contributed by atoms with Crippen LogP contribution < -0.4 is 11.3 Å². The number of nitrogens with one attached hydrogen (secondary N) is 2. The first-order valence-electron chi connectivity index (χ1n) is 7.30. The molecule has 1 aromatic rings. The zero-order chi connectivity index (χ0) is 13.0. The lowest BCUT2D eigenvalue weighted by Gasteiger charge is -2.54. The predicted molar refractivity (Wildman–Crippen MR) is 70.0 cm³/mol. The summed E-state index contributed by atoms with van der Waals surface area (Å²) in [5.74, 6) is 8.90. The zero-order valence-corrected chi connectivity index (χ0v) is 10.9. The van der Waals surface area contributed by atoms with Gasteiger partial charge >= 0.3 is 0 Å². The van der Waals surface area contributed by atoms with Gasteiger partial charge in [-0.1, -0.05) is 0 Å². The third-order valence-corrected chi connectivity index (χ3v) is 5.61. The summed E-state index contributed by atoms with van der Waals surface area (Å²) in [6, 6.07) is 0. The summed E-state index contributed by atoms with van der Waals surface area (Å²) >= 11 is 0. The summed E-state index contributed by atoms with van der Waals surface area (Å²) in [7, 11) is 0. The Kier molecular flexibility index (Phi) is 2.45. The van der Waals surface area contributed by atoms with Crippen molar-refractivity contribution >= 4 is 5.91 Å². The minimum atomic E-state index is -0.249. The molecule has 0 unspecified atom stereocenters. The minimum Gasteiger partial charge on any atom is -0.289 e. The van der Waals surface area contributed by atoms with Crippen LogP contribution in [0.15, 0.2) is 6.20 Å². The third kappa shape index (κ3) is 1.64. The first kappa shape index (κ1) is 11.5. The largest absolute Gasteiger partial charge is 0.289 e. The molecule has 0 spiro atoms. The number of nitrogen functional groups attached to an aromatic ring is 1. The van der Waals surface area contributed by atoms with Crippen LogP contribution in [0.3, 0.4) is 0 Å². The molecule has 4 saturated carbocycles. The Labute approximate surface area is 112 Å². The highest BCUT2D eigenvalue weighted by Crippen LogP contribution is 2.59. The molecule has 4 aliphatic rings. The van der Waals surface area contributed by atoms with E-state index < -0.39 is 0 Å². The molecular formula is C14H20N4O. The van der Waals surface area contributed by atoms with E-state index in [0.29, 0.717) is 11.6 Å². The van der Waals surface area contributed by atoms with Gasteiger partial charge in [0, 0.05) is 5.56 Å². The summed E-state index contributed by atoms with van der Waals surface area (Å²) in [4.78, 5) is 11.8. The van der Waals surface area contributed by atoms with Gasteiger partial charge in [-0.15, -0.1) is 0 Å². The number of hydrogen-bond acceptors (Lipinski definition) is 3. The maximum Gasteiger partial charge on any atom is 0.283 e. The molecule has 102 valence electrons. The minimum absolute atomic E-state index is 0.249. The van der Waals surface area contributed by atoms with E-state index >= 15 is 0 Å². The molecule has 1 amide bonds. The maximum atomic E-state index is 11.8. The van der Waals surface area contributed by atoms with Crippen molar-refractivity contribution in [1.29, 1.82) is 0 Å². The summed E-state index contributed by atoms with van der Waals surface area (Å²) in [6.07, 6.45) is 8.65. The van der Waals surface area contributed by atoms with Crippen LogP contribution in [0.5, 0.6) is 0 Å². The van der Waals surface area contributed by atoms with Gasteiger partial charge in [0.05, 0.1) is 6.20 Å². The highest BCUT2D eigenvalue weighted by molar-refractivity contribution is 5.93. The van der Waals surface area contributed by atoms with Crippen molar-refractivity contribution in [3.63, 3.8) is 0 Å². The van der Waals surface area contributed by atoms with Crippen molar-refractivity contribution in [2.75, 3.05) is 0 Å². The van der Waals surface area contributed by atoms with Gasteiger partial charge in [-0.3, -0.25) is 15.3 Å². The standard InChI is InChI=1S/C14H20N4O/c15-17-14(19)13-11(6-16-18-13)12-9-2-7-1-8(4-9)5-10(12)3-7/h6-10,12H,1-5,15H2,(H,16,18)(H,17,19). The van der Waals surface area contributed by atoms with Crippen molar-refractivity contribution in [3.8, 4) is 0 Å². The molecule has 4 aliphatic carbocycles. The van der Waals surface area contributed by atoms with Gasteiger partial charge < -0.3 is 0 Å². The van der Waals surface area contributed by atoms with Gasteiger partial charge in [0.2, 0.25) is 0 Å². The average Bonchev–Trinajstić information content (AvgIpc) is 2.85. The molecule has 19 heavy (non-hydrogen) atoms. The molecule has 5 nitrogen and oxygen atoms in total. The van der Waals surface area contributed by atoms with E-state index in [0.717, 1.165) is 29.2 Å². The lowest BCUT2D eigenvalue weighted by atomic mass is 9.51. The second kappa shape index (κ2) is 4.07. The Hall–Kier alpha value is -1.36. The number of rotatable bonds is 2. The van der Waals surface area contributed by atoms with Gasteiger partial charge in [0.25, 0.3) is 5.91 Å². The van der Waals surface area contributed by atoms with E-state index in [4.69, 9.17) is 5.84 Å². The fraction of sp³-hybridized carbons (Fsp3) is 0.714. The Morgan fingerprint density at radius 3 is 2.42 bits per heavy atom. The topological polar surface area (TPSA) is 83.8 Å². The normalized spacial score (nSPS) is 39.5. The van der Waals surface area contributed by atoms with E-state index in [-0.39, 0.29) is 5.91 Å². The number of hydrazine groups is 1. The van der Waals surface area contributed by atoms with Crippen LogP contribution in [-0.4, -0.2) is 16.1 Å². The molecule has 0 aliphatic heterocycles. The summed E-state index contributed by atoms with van der Waals surface area (Å²) in [5.41, 5.74) is 3.88. The van der Waals surface area contributed by atoms with Crippen molar-refractivity contribution in [1.82, 2.24) is 15.6 Å². The number of nitrogens with zero attached hydrogens (tertiary/aromatic N) is 1. The predicted octanol–water partition coefficient (Wildman–Crippen LogP) is 1.55. The molecule has 4 bridgehead atoms. The molecule has 5 heteroatoms. The molecule has 0 aromatic carbocycles. The average molecular weight is 260 g/mol. The molecule has 0 saturated heterocycles. The highest BCUT2D eigenvalue weighted by Gasteiger charge is 2.49. The highest BCUT2D eigenvalue weighted by atomic mass is 16.2. The van der Waals surface area contributed by atoms with E-state index in [9.17, 15) is 4.79 Å². The van der Waals surface area contributed by atoms with E-state index in [1.165, 1.54) is 32.1 Å². The fourth-order valence-electron chi connectivity index (χ4n) is 5.24. The third-order valence-electron chi connectivity index (χ3n) is 5.61. The number of aromatic nitrogens is 2. The second-order valence-corrected chi connectivity index (χ2v) is 6.63. The van der Waals surface area contributed by atoms with Crippen LogP contribution >= 0.6 is 0 Å². The van der Waals surface area contributed by atoms with Gasteiger partial charge in [-0.2, -0.15) is 5.10 Å². The monoisotopic (exact) mass is 260 g/mol. The number of H-pyrrole nitrogens is 1. The van der Waals surface area contributed by atoms with Crippen LogP contribution in [0, 0.1) is 23.7 Å². The van der Waals surface area contributed by atoms with E-state index in [1.54, 1.807) is 0 Å². The number of carbonyl (C=O) groups excluding carboxylic acids is 1. The van der Waals surface area contributed by atoms with Gasteiger partial charge in [-0.25, -0.2) is 5.84 Å². The fourth-order valence-corrected chi connectivity index (χ4v) is 5.24. The molecule has 4 N–H and O–H groups in total. The molecule has 5 rings (SSSR count). The van der Waals surface area contributed by atoms with Crippen LogP contribution in [0.2, 0.25) is 0 Å². The van der Waals surface area contributed by atoms with E-state index in [1.807, 2.05) is 6.20 Å². The van der Waals surface area contributed by atoms with E-state index in [2.05, 4.69) is 15.6 Å². The smallest absolute Gasteiger partial charge is 0.283 e. The van der Waals surface area contributed by atoms with Crippen molar-refractivity contribution in [3.05, 3.63) is 17.5 Å². The summed E-state index contributed by atoms with van der Waals surface area (Å²) < 4.78 is 0. The Morgan fingerprint density at radius 1 is 1.21 bits per heavy atom. The lowest BCUT2D eigenvalue weighted by Crippen LogP contribution is -2.44. The maximum absolute atomic E-state index is 11.8. The van der Waals surface area contributed by atoms with Crippen LogP contribution in [0.4, 0.5) is 0 Å². The molecule has 0 atom stereocenters.